The molecule has 100 valence electrons. The summed E-state index contributed by atoms with van der Waals surface area (Å²) in [6.45, 7) is 1.37. The lowest BCUT2D eigenvalue weighted by Crippen LogP contribution is -2.19. The zero-order valence-electron chi connectivity index (χ0n) is 10.9. The first kappa shape index (κ1) is 14.1. The second kappa shape index (κ2) is 6.70. The van der Waals surface area contributed by atoms with Gasteiger partial charge in [-0.3, -0.25) is 0 Å². The smallest absolute Gasteiger partial charge is 0.170 e. The van der Waals surface area contributed by atoms with Gasteiger partial charge >= 0.3 is 0 Å². The highest BCUT2D eigenvalue weighted by Gasteiger charge is 2.08. The van der Waals surface area contributed by atoms with Gasteiger partial charge in [-0.2, -0.15) is 0 Å². The number of hydrogen-bond donors (Lipinski definition) is 2. The van der Waals surface area contributed by atoms with Crippen LogP contribution >= 0.6 is 0 Å². The van der Waals surface area contributed by atoms with Gasteiger partial charge in [-0.15, -0.1) is 0 Å². The van der Waals surface area contributed by atoms with Gasteiger partial charge in [-0.1, -0.05) is 5.16 Å². The van der Waals surface area contributed by atoms with Gasteiger partial charge in [-0.25, -0.2) is 0 Å². The first-order valence-electron chi connectivity index (χ1n) is 5.52. The molecule has 0 unspecified atom stereocenters. The Morgan fingerprint density at radius 1 is 1.39 bits per heavy atom. The van der Waals surface area contributed by atoms with Crippen molar-refractivity contribution in [2.24, 2.45) is 10.9 Å². The van der Waals surface area contributed by atoms with Crippen molar-refractivity contribution in [1.29, 1.82) is 0 Å². The molecule has 6 nitrogen and oxygen atoms in total. The average Bonchev–Trinajstić information content (AvgIpc) is 2.37. The Morgan fingerprint density at radius 2 is 2.11 bits per heavy atom. The molecule has 0 amide bonds. The third-order valence-electron chi connectivity index (χ3n) is 2.36. The normalized spacial score (nSPS) is 11.7. The average molecular weight is 253 g/mol. The van der Waals surface area contributed by atoms with E-state index in [0.29, 0.717) is 23.7 Å². The Hall–Kier alpha value is -1.95. The van der Waals surface area contributed by atoms with Crippen LogP contribution in [-0.2, 0) is 0 Å². The van der Waals surface area contributed by atoms with E-state index in [0.717, 1.165) is 6.54 Å². The molecule has 18 heavy (non-hydrogen) atoms. The van der Waals surface area contributed by atoms with E-state index in [1.165, 1.54) is 0 Å². The lowest BCUT2D eigenvalue weighted by molar-refractivity contribution is 0.250. The molecular formula is C12H19N3O3. The minimum Gasteiger partial charge on any atom is -0.493 e. The fourth-order valence-electron chi connectivity index (χ4n) is 1.34. The topological polar surface area (TPSA) is 80.3 Å². The van der Waals surface area contributed by atoms with E-state index in [-0.39, 0.29) is 5.84 Å². The molecule has 0 aromatic heterocycles. The van der Waals surface area contributed by atoms with Crippen molar-refractivity contribution in [2.75, 3.05) is 34.4 Å². The number of ether oxygens (including phenoxy) is 2. The summed E-state index contributed by atoms with van der Waals surface area (Å²) in [7, 11) is 5.49. The number of hydrogen-bond acceptors (Lipinski definition) is 5. The molecule has 0 heterocycles. The molecule has 0 saturated carbocycles. The minimum absolute atomic E-state index is 0.0353. The molecule has 3 N–H and O–H groups in total. The van der Waals surface area contributed by atoms with E-state index < -0.39 is 0 Å². The second-order valence-electron chi connectivity index (χ2n) is 4.00. The van der Waals surface area contributed by atoms with Crippen LogP contribution in [0.5, 0.6) is 11.5 Å². The maximum Gasteiger partial charge on any atom is 0.170 e. The van der Waals surface area contributed by atoms with E-state index in [2.05, 4.69) is 5.16 Å². The number of rotatable bonds is 6. The van der Waals surface area contributed by atoms with E-state index >= 15 is 0 Å². The molecule has 1 aromatic rings. The number of benzene rings is 1. The van der Waals surface area contributed by atoms with Crippen molar-refractivity contribution in [1.82, 2.24) is 4.90 Å². The molecule has 6 heteroatoms. The third kappa shape index (κ3) is 3.81. The molecule has 0 spiro atoms. The molecule has 0 saturated heterocycles. The Balaban J connectivity index is 2.80. The molecular weight excluding hydrogens is 234 g/mol. The summed E-state index contributed by atoms with van der Waals surface area (Å²) in [5.74, 6) is 1.22. The first-order chi connectivity index (χ1) is 8.58. The highest BCUT2D eigenvalue weighted by Crippen LogP contribution is 2.27. The molecule has 0 aliphatic rings. The zero-order chi connectivity index (χ0) is 13.5. The number of oxime groups is 1. The fraction of sp³-hybridized carbons (Fsp3) is 0.417. The van der Waals surface area contributed by atoms with Gasteiger partial charge in [0.2, 0.25) is 0 Å². The van der Waals surface area contributed by atoms with Crippen LogP contribution < -0.4 is 15.2 Å². The molecule has 0 aliphatic carbocycles. The predicted molar refractivity (Wildman–Crippen MR) is 69.6 cm³/mol. The first-order valence-corrected chi connectivity index (χ1v) is 5.52. The molecule has 0 fully saturated rings. The number of likely N-dealkylation sites (N-methyl/N-ethyl adjacent to an activating group) is 1. The standard InChI is InChI=1S/C12H19N3O3/c1-15(2)6-7-18-10-5-4-9(12(13)14-16)8-11(10)17-3/h4-5,8,16H,6-7H2,1-3H3,(H2,13,14). The number of methoxy groups -OCH3 is 1. The summed E-state index contributed by atoms with van der Waals surface area (Å²) < 4.78 is 10.8. The van der Waals surface area contributed by atoms with Crippen LogP contribution in [0, 0.1) is 0 Å². The summed E-state index contributed by atoms with van der Waals surface area (Å²) >= 11 is 0. The van der Waals surface area contributed by atoms with Gasteiger partial charge in [-0.05, 0) is 32.3 Å². The van der Waals surface area contributed by atoms with Gasteiger partial charge in [0, 0.05) is 12.1 Å². The van der Waals surface area contributed by atoms with E-state index in [1.54, 1.807) is 25.3 Å². The van der Waals surface area contributed by atoms with Gasteiger partial charge in [0.15, 0.2) is 17.3 Å². The lowest BCUT2D eigenvalue weighted by Gasteiger charge is -2.14. The highest BCUT2D eigenvalue weighted by atomic mass is 16.5. The maximum absolute atomic E-state index is 8.61. The Kier molecular flexibility index (Phi) is 5.26. The van der Waals surface area contributed by atoms with Gasteiger partial charge < -0.3 is 25.3 Å². The monoisotopic (exact) mass is 253 g/mol. The SMILES string of the molecule is COc1cc(/C(N)=N/O)ccc1OCCN(C)C. The molecule has 0 aliphatic heterocycles. The summed E-state index contributed by atoms with van der Waals surface area (Å²) in [5.41, 5.74) is 6.08. The predicted octanol–water partition coefficient (Wildman–Crippen LogP) is 0.730. The Bertz CT molecular complexity index is 419. The number of amidine groups is 1. The van der Waals surface area contributed by atoms with Crippen molar-refractivity contribution in [3.63, 3.8) is 0 Å². The van der Waals surface area contributed by atoms with Crippen LogP contribution in [0.15, 0.2) is 23.4 Å². The highest BCUT2D eigenvalue weighted by molar-refractivity contribution is 5.97. The van der Waals surface area contributed by atoms with Crippen LogP contribution in [-0.4, -0.2) is 50.3 Å². The van der Waals surface area contributed by atoms with Crippen molar-refractivity contribution in [3.05, 3.63) is 23.8 Å². The van der Waals surface area contributed by atoms with E-state index in [4.69, 9.17) is 20.4 Å². The molecule has 1 aromatic carbocycles. The van der Waals surface area contributed by atoms with Crippen molar-refractivity contribution < 1.29 is 14.7 Å². The molecule has 1 rings (SSSR count). The van der Waals surface area contributed by atoms with Gasteiger partial charge in [0.1, 0.15) is 6.61 Å². The zero-order valence-corrected chi connectivity index (χ0v) is 10.9. The summed E-state index contributed by atoms with van der Waals surface area (Å²) in [5, 5.41) is 11.5. The van der Waals surface area contributed by atoms with Crippen LogP contribution in [0.4, 0.5) is 0 Å². The van der Waals surface area contributed by atoms with Crippen molar-refractivity contribution in [2.45, 2.75) is 0 Å². The number of nitrogens with zero attached hydrogens (tertiary/aromatic N) is 2. The van der Waals surface area contributed by atoms with Crippen LogP contribution in [0.3, 0.4) is 0 Å². The number of nitrogens with two attached hydrogens (primary N) is 1. The van der Waals surface area contributed by atoms with Crippen LogP contribution in [0.2, 0.25) is 0 Å². The van der Waals surface area contributed by atoms with E-state index in [9.17, 15) is 0 Å². The summed E-state index contributed by atoms with van der Waals surface area (Å²) in [6.07, 6.45) is 0. The largest absolute Gasteiger partial charge is 0.493 e. The Morgan fingerprint density at radius 3 is 2.67 bits per heavy atom. The molecule has 0 bridgehead atoms. The Labute approximate surface area is 107 Å². The van der Waals surface area contributed by atoms with Crippen LogP contribution in [0.1, 0.15) is 5.56 Å². The van der Waals surface area contributed by atoms with Gasteiger partial charge in [0.05, 0.1) is 7.11 Å². The van der Waals surface area contributed by atoms with Crippen molar-refractivity contribution >= 4 is 5.84 Å². The quantitative estimate of drug-likeness (QED) is 0.338. The fourth-order valence-corrected chi connectivity index (χ4v) is 1.34. The summed E-state index contributed by atoms with van der Waals surface area (Å²) in [6, 6.07) is 5.12. The van der Waals surface area contributed by atoms with Gasteiger partial charge in [0.25, 0.3) is 0 Å². The second-order valence-corrected chi connectivity index (χ2v) is 4.00. The third-order valence-corrected chi connectivity index (χ3v) is 2.36. The summed E-state index contributed by atoms with van der Waals surface area (Å²) in [4.78, 5) is 2.03. The minimum atomic E-state index is 0.0353. The maximum atomic E-state index is 8.61. The molecule has 0 atom stereocenters. The van der Waals surface area contributed by atoms with E-state index in [1.807, 2.05) is 19.0 Å². The molecule has 0 radical (unpaired) electrons. The lowest BCUT2D eigenvalue weighted by atomic mass is 10.2. The van der Waals surface area contributed by atoms with Crippen LogP contribution in [0.25, 0.3) is 0 Å². The van der Waals surface area contributed by atoms with Crippen molar-refractivity contribution in [3.8, 4) is 11.5 Å².